The van der Waals surface area contributed by atoms with E-state index in [9.17, 15) is 4.79 Å². The molecule has 152 valence electrons. The van der Waals surface area contributed by atoms with Crippen LogP contribution in [-0.4, -0.2) is 23.9 Å². The van der Waals surface area contributed by atoms with Crippen molar-refractivity contribution in [3.05, 3.63) is 63.4 Å². The van der Waals surface area contributed by atoms with Crippen LogP contribution in [0.2, 0.25) is 0 Å². The van der Waals surface area contributed by atoms with Gasteiger partial charge in [-0.05, 0) is 60.7 Å². The van der Waals surface area contributed by atoms with Gasteiger partial charge in [-0.3, -0.25) is 4.79 Å². The van der Waals surface area contributed by atoms with E-state index in [0.29, 0.717) is 17.9 Å². The molecule has 0 spiro atoms. The zero-order chi connectivity index (χ0) is 20.0. The van der Waals surface area contributed by atoms with Crippen molar-refractivity contribution < 1.29 is 4.79 Å². The normalized spacial score (nSPS) is 25.9. The molecule has 1 fully saturated rings. The molecule has 1 amide bonds. The van der Waals surface area contributed by atoms with E-state index in [1.807, 2.05) is 29.4 Å². The zero-order valence-electron chi connectivity index (χ0n) is 17.4. The van der Waals surface area contributed by atoms with Crippen LogP contribution < -0.4 is 5.32 Å². The van der Waals surface area contributed by atoms with Gasteiger partial charge in [0.15, 0.2) is 0 Å². The van der Waals surface area contributed by atoms with Crippen molar-refractivity contribution in [3.63, 3.8) is 0 Å². The summed E-state index contributed by atoms with van der Waals surface area (Å²) in [6.07, 6.45) is 11.8. The topological polar surface area (TPSA) is 32.3 Å². The van der Waals surface area contributed by atoms with Crippen LogP contribution >= 0.6 is 11.3 Å². The SMILES string of the molecule is Cc1ccsc1C1Nc2c(C(=O)N(C)C3CCCCC3)cccc2C2C=CCC21. The van der Waals surface area contributed by atoms with E-state index < -0.39 is 0 Å². The molecule has 2 heterocycles. The molecule has 1 N–H and O–H groups in total. The van der Waals surface area contributed by atoms with Gasteiger partial charge in [-0.15, -0.1) is 11.3 Å². The van der Waals surface area contributed by atoms with Crippen LogP contribution in [0.25, 0.3) is 0 Å². The Labute approximate surface area is 177 Å². The lowest BCUT2D eigenvalue weighted by Crippen LogP contribution is -2.39. The van der Waals surface area contributed by atoms with E-state index in [4.69, 9.17) is 0 Å². The van der Waals surface area contributed by atoms with Gasteiger partial charge in [-0.2, -0.15) is 0 Å². The standard InChI is InChI=1S/C25H30N2OS/c1-16-14-15-29-24(16)23-20-12-6-10-18(20)19-11-7-13-21(22(19)26-23)25(28)27(2)17-8-4-3-5-9-17/h6-7,10-11,13-15,17-18,20,23,26H,3-5,8-9,12H2,1-2H3. The maximum absolute atomic E-state index is 13.5. The molecule has 1 aromatic carbocycles. The molecule has 0 saturated heterocycles. The Morgan fingerprint density at radius 1 is 1.17 bits per heavy atom. The highest BCUT2D eigenvalue weighted by atomic mass is 32.1. The highest BCUT2D eigenvalue weighted by molar-refractivity contribution is 7.10. The maximum atomic E-state index is 13.5. The van der Waals surface area contributed by atoms with E-state index in [1.165, 1.54) is 35.3 Å². The number of allylic oxidation sites excluding steroid dienone is 2. The Kier molecular flexibility index (Phi) is 4.99. The second kappa shape index (κ2) is 7.64. The second-order valence-corrected chi connectivity index (χ2v) is 9.87. The molecular formula is C25H30N2OS. The maximum Gasteiger partial charge on any atom is 0.255 e. The summed E-state index contributed by atoms with van der Waals surface area (Å²) in [7, 11) is 2.00. The number of nitrogens with one attached hydrogen (secondary N) is 1. The first-order valence-corrected chi connectivity index (χ1v) is 11.9. The summed E-state index contributed by atoms with van der Waals surface area (Å²) in [5.74, 6) is 1.09. The van der Waals surface area contributed by atoms with Gasteiger partial charge in [-0.25, -0.2) is 0 Å². The fraction of sp³-hybridized carbons (Fsp3) is 0.480. The lowest BCUT2D eigenvalue weighted by molar-refractivity contribution is 0.0697. The van der Waals surface area contributed by atoms with Gasteiger partial charge in [-0.1, -0.05) is 43.5 Å². The quantitative estimate of drug-likeness (QED) is 0.608. The number of aryl methyl sites for hydroxylation is 1. The van der Waals surface area contributed by atoms with Crippen molar-refractivity contribution in [3.8, 4) is 0 Å². The third-order valence-corrected chi connectivity index (χ3v) is 8.36. The van der Waals surface area contributed by atoms with Gasteiger partial charge in [0.1, 0.15) is 0 Å². The molecule has 3 atom stereocenters. The minimum absolute atomic E-state index is 0.170. The van der Waals surface area contributed by atoms with Crippen LogP contribution in [0, 0.1) is 12.8 Å². The molecule has 0 bridgehead atoms. The molecular weight excluding hydrogens is 376 g/mol. The molecule has 5 rings (SSSR count). The molecule has 1 aliphatic heterocycles. The number of nitrogens with zero attached hydrogens (tertiary/aromatic N) is 1. The summed E-state index contributed by atoms with van der Waals surface area (Å²) in [5, 5.41) is 6.03. The van der Waals surface area contributed by atoms with Crippen LogP contribution in [0.15, 0.2) is 41.8 Å². The van der Waals surface area contributed by atoms with Crippen molar-refractivity contribution in [2.45, 2.75) is 63.5 Å². The zero-order valence-corrected chi connectivity index (χ0v) is 18.2. The van der Waals surface area contributed by atoms with Crippen molar-refractivity contribution in [1.29, 1.82) is 0 Å². The van der Waals surface area contributed by atoms with Gasteiger partial charge in [0.25, 0.3) is 5.91 Å². The first-order valence-electron chi connectivity index (χ1n) is 11.0. The van der Waals surface area contributed by atoms with Gasteiger partial charge >= 0.3 is 0 Å². The van der Waals surface area contributed by atoms with Gasteiger partial charge in [0.05, 0.1) is 17.3 Å². The third kappa shape index (κ3) is 3.22. The monoisotopic (exact) mass is 406 g/mol. The number of hydrogen-bond donors (Lipinski definition) is 1. The minimum atomic E-state index is 0.170. The minimum Gasteiger partial charge on any atom is -0.376 e. The number of anilines is 1. The van der Waals surface area contributed by atoms with E-state index in [2.05, 4.69) is 48.0 Å². The van der Waals surface area contributed by atoms with Crippen LogP contribution in [0.4, 0.5) is 5.69 Å². The summed E-state index contributed by atoms with van der Waals surface area (Å²) in [6.45, 7) is 2.20. The van der Waals surface area contributed by atoms with Crippen LogP contribution in [0.3, 0.4) is 0 Å². The number of rotatable bonds is 3. The lowest BCUT2D eigenvalue weighted by Gasteiger charge is -2.39. The largest absolute Gasteiger partial charge is 0.376 e. The van der Waals surface area contributed by atoms with Crippen molar-refractivity contribution in [2.75, 3.05) is 12.4 Å². The predicted molar refractivity (Wildman–Crippen MR) is 121 cm³/mol. The van der Waals surface area contributed by atoms with Crippen LogP contribution in [0.5, 0.6) is 0 Å². The van der Waals surface area contributed by atoms with Crippen molar-refractivity contribution >= 4 is 22.9 Å². The molecule has 2 aromatic rings. The highest BCUT2D eigenvalue weighted by Gasteiger charge is 2.40. The van der Waals surface area contributed by atoms with Crippen molar-refractivity contribution in [2.24, 2.45) is 5.92 Å². The molecule has 4 heteroatoms. The molecule has 2 aliphatic carbocycles. The fourth-order valence-corrected chi connectivity index (χ4v) is 6.64. The van der Waals surface area contributed by atoms with Crippen molar-refractivity contribution in [1.82, 2.24) is 4.90 Å². The summed E-state index contributed by atoms with van der Waals surface area (Å²) in [6, 6.07) is 9.17. The van der Waals surface area contributed by atoms with E-state index in [1.54, 1.807) is 0 Å². The average molecular weight is 407 g/mol. The number of carbonyl (C=O) groups is 1. The number of para-hydroxylation sites is 1. The second-order valence-electron chi connectivity index (χ2n) is 8.92. The van der Waals surface area contributed by atoms with Gasteiger partial charge < -0.3 is 10.2 Å². The van der Waals surface area contributed by atoms with E-state index in [0.717, 1.165) is 30.5 Å². The Hall–Kier alpha value is -2.07. The smallest absolute Gasteiger partial charge is 0.255 e. The number of thiophene rings is 1. The first-order chi connectivity index (χ1) is 14.1. The summed E-state index contributed by atoms with van der Waals surface area (Å²) < 4.78 is 0. The highest BCUT2D eigenvalue weighted by Crippen LogP contribution is 2.52. The van der Waals surface area contributed by atoms with Gasteiger partial charge in [0, 0.05) is 23.9 Å². The third-order valence-electron chi connectivity index (χ3n) is 7.25. The lowest BCUT2D eigenvalue weighted by atomic mass is 9.77. The Morgan fingerprint density at radius 3 is 2.76 bits per heavy atom. The fourth-order valence-electron chi connectivity index (χ4n) is 5.59. The van der Waals surface area contributed by atoms with Crippen LogP contribution in [-0.2, 0) is 0 Å². The van der Waals surface area contributed by atoms with Gasteiger partial charge in [0.2, 0.25) is 0 Å². The van der Waals surface area contributed by atoms with Crippen LogP contribution in [0.1, 0.15) is 76.8 Å². The Morgan fingerprint density at radius 2 is 2.00 bits per heavy atom. The number of carbonyl (C=O) groups excluding carboxylic acids is 1. The number of hydrogen-bond acceptors (Lipinski definition) is 3. The average Bonchev–Trinajstić information content (AvgIpc) is 3.42. The predicted octanol–water partition coefficient (Wildman–Crippen LogP) is 6.29. The Balaban J connectivity index is 1.52. The summed E-state index contributed by atoms with van der Waals surface area (Å²) in [5.41, 5.74) is 4.54. The molecule has 29 heavy (non-hydrogen) atoms. The molecule has 3 aliphatic rings. The van der Waals surface area contributed by atoms with E-state index in [-0.39, 0.29) is 11.9 Å². The number of amides is 1. The molecule has 3 nitrogen and oxygen atoms in total. The Bertz CT molecular complexity index is 940. The molecule has 1 aromatic heterocycles. The number of benzene rings is 1. The summed E-state index contributed by atoms with van der Waals surface area (Å²) in [4.78, 5) is 17.0. The molecule has 1 saturated carbocycles. The summed E-state index contributed by atoms with van der Waals surface area (Å²) >= 11 is 1.84. The molecule has 3 unspecified atom stereocenters. The number of fused-ring (bicyclic) bond motifs is 3. The van der Waals surface area contributed by atoms with E-state index >= 15 is 0 Å². The molecule has 0 radical (unpaired) electrons. The first kappa shape index (κ1) is 18.9.